The average molecular weight is 249 g/mol. The molecule has 0 aliphatic heterocycles. The van der Waals surface area contributed by atoms with Gasteiger partial charge >= 0.3 is 0 Å². The Hall–Kier alpha value is -1.06. The second-order valence-corrected chi connectivity index (χ2v) is 5.66. The zero-order valence-electron chi connectivity index (χ0n) is 11.5. The lowest BCUT2D eigenvalue weighted by Gasteiger charge is -2.27. The normalized spacial score (nSPS) is 18.5. The molecule has 0 amide bonds. The van der Waals surface area contributed by atoms with Gasteiger partial charge in [-0.2, -0.15) is 0 Å². The molecule has 0 bridgehead atoms. The van der Waals surface area contributed by atoms with E-state index < -0.39 is 5.54 Å². The fourth-order valence-corrected chi connectivity index (χ4v) is 2.31. The van der Waals surface area contributed by atoms with Crippen molar-refractivity contribution >= 4 is 0 Å². The fourth-order valence-electron chi connectivity index (χ4n) is 2.31. The summed E-state index contributed by atoms with van der Waals surface area (Å²) in [6, 6.07) is 4.18. The van der Waals surface area contributed by atoms with Crippen LogP contribution in [0.3, 0.4) is 0 Å². The van der Waals surface area contributed by atoms with E-state index in [2.05, 4.69) is 26.8 Å². The van der Waals surface area contributed by atoms with Gasteiger partial charge in [-0.1, -0.05) is 6.07 Å². The molecule has 1 unspecified atom stereocenters. The first-order valence-electron chi connectivity index (χ1n) is 6.56. The second kappa shape index (κ2) is 4.90. The van der Waals surface area contributed by atoms with Crippen LogP contribution < -0.4 is 10.5 Å². The molecule has 1 aliphatic carbocycles. The number of aryl methyl sites for hydroxylation is 2. The van der Waals surface area contributed by atoms with Crippen LogP contribution in [0.1, 0.15) is 29.5 Å². The number of nitrogens with two attached hydrogens (primary N) is 1. The Bertz CT molecular complexity index is 440. The second-order valence-electron chi connectivity index (χ2n) is 5.66. The van der Waals surface area contributed by atoms with Crippen molar-refractivity contribution in [1.29, 1.82) is 0 Å². The van der Waals surface area contributed by atoms with Crippen LogP contribution in [0, 0.1) is 26.7 Å². The van der Waals surface area contributed by atoms with Crippen molar-refractivity contribution in [3.63, 3.8) is 0 Å². The minimum Gasteiger partial charge on any atom is -0.491 e. The molecule has 0 aromatic heterocycles. The van der Waals surface area contributed by atoms with E-state index in [1.54, 1.807) is 0 Å². The minimum atomic E-state index is -0.579. The molecule has 0 heterocycles. The standard InChI is InChI=1S/C15H23NO2/c1-10-6-11(2)12(3)14(7-10)18-9-15(16,8-17)13-4-5-13/h6-7,13,17H,4-5,8-9,16H2,1-3H3. The summed E-state index contributed by atoms with van der Waals surface area (Å²) in [5.74, 6) is 1.30. The Balaban J connectivity index is 2.10. The summed E-state index contributed by atoms with van der Waals surface area (Å²) in [6.07, 6.45) is 2.21. The van der Waals surface area contributed by atoms with E-state index in [9.17, 15) is 5.11 Å². The molecule has 0 saturated heterocycles. The Morgan fingerprint density at radius 3 is 2.56 bits per heavy atom. The molecule has 1 atom stereocenters. The molecule has 3 nitrogen and oxygen atoms in total. The first-order chi connectivity index (χ1) is 8.46. The predicted molar refractivity (Wildman–Crippen MR) is 72.9 cm³/mol. The number of rotatable bonds is 5. The van der Waals surface area contributed by atoms with Crippen molar-refractivity contribution in [3.8, 4) is 5.75 Å². The van der Waals surface area contributed by atoms with Gasteiger partial charge in [0, 0.05) is 0 Å². The Kier molecular flexibility index (Phi) is 3.64. The largest absolute Gasteiger partial charge is 0.491 e. The number of aliphatic hydroxyl groups excluding tert-OH is 1. The van der Waals surface area contributed by atoms with E-state index >= 15 is 0 Å². The third kappa shape index (κ3) is 2.68. The number of benzene rings is 1. The molecule has 1 aliphatic rings. The molecule has 1 aromatic rings. The summed E-state index contributed by atoms with van der Waals surface area (Å²) in [7, 11) is 0. The molecule has 100 valence electrons. The Morgan fingerprint density at radius 1 is 1.33 bits per heavy atom. The molecule has 3 N–H and O–H groups in total. The third-order valence-corrected chi connectivity index (χ3v) is 3.95. The summed E-state index contributed by atoms with van der Waals surface area (Å²) in [6.45, 7) is 6.57. The highest BCUT2D eigenvalue weighted by Gasteiger charge is 2.42. The number of ether oxygens (including phenoxy) is 1. The molecule has 2 rings (SSSR count). The molecule has 0 radical (unpaired) electrons. The molecule has 3 heteroatoms. The van der Waals surface area contributed by atoms with E-state index in [1.807, 2.05) is 6.07 Å². The van der Waals surface area contributed by atoms with E-state index in [-0.39, 0.29) is 6.61 Å². The fraction of sp³-hybridized carbons (Fsp3) is 0.600. The van der Waals surface area contributed by atoms with E-state index in [4.69, 9.17) is 10.5 Å². The van der Waals surface area contributed by atoms with Gasteiger partial charge in [-0.05, 0) is 62.3 Å². The molecule has 0 spiro atoms. The minimum absolute atomic E-state index is 0.0124. The first kappa shape index (κ1) is 13.4. The van der Waals surface area contributed by atoms with Gasteiger partial charge in [0.25, 0.3) is 0 Å². The van der Waals surface area contributed by atoms with Crippen LogP contribution in [0.15, 0.2) is 12.1 Å². The summed E-state index contributed by atoms with van der Waals surface area (Å²) >= 11 is 0. The molecular formula is C15H23NO2. The first-order valence-corrected chi connectivity index (χ1v) is 6.56. The highest BCUT2D eigenvalue weighted by Crippen LogP contribution is 2.38. The van der Waals surface area contributed by atoms with Crippen molar-refractivity contribution in [2.24, 2.45) is 11.7 Å². The van der Waals surface area contributed by atoms with Crippen molar-refractivity contribution in [2.75, 3.05) is 13.2 Å². The number of hydrogen-bond donors (Lipinski definition) is 2. The van der Waals surface area contributed by atoms with Gasteiger partial charge in [0.05, 0.1) is 12.1 Å². The smallest absolute Gasteiger partial charge is 0.122 e. The maximum absolute atomic E-state index is 9.45. The molecular weight excluding hydrogens is 226 g/mol. The van der Waals surface area contributed by atoms with Crippen LogP contribution >= 0.6 is 0 Å². The Labute approximate surface area is 109 Å². The third-order valence-electron chi connectivity index (χ3n) is 3.95. The monoisotopic (exact) mass is 249 g/mol. The van der Waals surface area contributed by atoms with E-state index in [0.29, 0.717) is 12.5 Å². The van der Waals surface area contributed by atoms with Crippen molar-refractivity contribution in [3.05, 3.63) is 28.8 Å². The number of aliphatic hydroxyl groups is 1. The molecule has 1 aromatic carbocycles. The topological polar surface area (TPSA) is 55.5 Å². The lowest BCUT2D eigenvalue weighted by molar-refractivity contribution is 0.116. The van der Waals surface area contributed by atoms with Gasteiger partial charge < -0.3 is 15.6 Å². The van der Waals surface area contributed by atoms with E-state index in [1.165, 1.54) is 11.1 Å². The SMILES string of the molecule is Cc1cc(C)c(C)c(OCC(N)(CO)C2CC2)c1. The van der Waals surface area contributed by atoms with Gasteiger partial charge in [0.15, 0.2) is 0 Å². The van der Waals surface area contributed by atoms with Crippen molar-refractivity contribution in [1.82, 2.24) is 0 Å². The van der Waals surface area contributed by atoms with Gasteiger partial charge in [-0.25, -0.2) is 0 Å². The maximum Gasteiger partial charge on any atom is 0.122 e. The highest BCUT2D eigenvalue weighted by atomic mass is 16.5. The lowest BCUT2D eigenvalue weighted by Crippen LogP contribution is -2.51. The summed E-state index contributed by atoms with van der Waals surface area (Å²) in [5, 5.41) is 9.45. The summed E-state index contributed by atoms with van der Waals surface area (Å²) < 4.78 is 5.87. The highest BCUT2D eigenvalue weighted by molar-refractivity contribution is 5.42. The predicted octanol–water partition coefficient (Wildman–Crippen LogP) is 2.09. The quantitative estimate of drug-likeness (QED) is 0.840. The molecule has 18 heavy (non-hydrogen) atoms. The molecule has 1 saturated carbocycles. The number of hydrogen-bond acceptors (Lipinski definition) is 3. The van der Waals surface area contributed by atoms with Crippen molar-refractivity contribution < 1.29 is 9.84 Å². The van der Waals surface area contributed by atoms with Crippen LogP contribution in [0.5, 0.6) is 5.75 Å². The van der Waals surface area contributed by atoms with Crippen LogP contribution in [-0.4, -0.2) is 23.9 Å². The van der Waals surface area contributed by atoms with Gasteiger partial charge in [0.2, 0.25) is 0 Å². The van der Waals surface area contributed by atoms with Gasteiger partial charge in [-0.15, -0.1) is 0 Å². The van der Waals surface area contributed by atoms with Crippen LogP contribution in [0.4, 0.5) is 0 Å². The van der Waals surface area contributed by atoms with Crippen LogP contribution in [0.2, 0.25) is 0 Å². The van der Waals surface area contributed by atoms with Crippen LogP contribution in [-0.2, 0) is 0 Å². The maximum atomic E-state index is 9.45. The summed E-state index contributed by atoms with van der Waals surface area (Å²) in [4.78, 5) is 0. The van der Waals surface area contributed by atoms with Crippen molar-refractivity contribution in [2.45, 2.75) is 39.2 Å². The zero-order valence-corrected chi connectivity index (χ0v) is 11.5. The van der Waals surface area contributed by atoms with Gasteiger partial charge in [-0.3, -0.25) is 0 Å². The zero-order chi connectivity index (χ0) is 13.3. The molecule has 1 fully saturated rings. The van der Waals surface area contributed by atoms with Crippen LogP contribution in [0.25, 0.3) is 0 Å². The summed E-state index contributed by atoms with van der Waals surface area (Å²) in [5.41, 5.74) is 9.18. The Morgan fingerprint density at radius 2 is 2.00 bits per heavy atom. The lowest BCUT2D eigenvalue weighted by atomic mass is 9.97. The average Bonchev–Trinajstić information content (AvgIpc) is 3.16. The van der Waals surface area contributed by atoms with Gasteiger partial charge in [0.1, 0.15) is 12.4 Å². The van der Waals surface area contributed by atoms with E-state index in [0.717, 1.165) is 24.2 Å².